The highest BCUT2D eigenvalue weighted by Crippen LogP contribution is 2.29. The lowest BCUT2D eigenvalue weighted by Crippen LogP contribution is -2.66. The zero-order chi connectivity index (χ0) is 10.2. The van der Waals surface area contributed by atoms with Gasteiger partial charge in [0.15, 0.2) is 0 Å². The third kappa shape index (κ3) is 4.64. The summed E-state index contributed by atoms with van der Waals surface area (Å²) >= 11 is 18.6. The molecule has 0 spiro atoms. The van der Waals surface area contributed by atoms with E-state index < -0.39 is 21.5 Å². The Morgan fingerprint density at radius 3 is 1.25 bits per heavy atom. The second-order valence-electron chi connectivity index (χ2n) is 4.27. The molecule has 0 aliphatic heterocycles. The molecular weight excluding hydrogens is 265 g/mol. The van der Waals surface area contributed by atoms with Crippen LogP contribution in [0.2, 0.25) is 32.7 Å². The number of hydrogen-bond acceptors (Lipinski definition) is 1. The van der Waals surface area contributed by atoms with E-state index >= 15 is 0 Å². The molecule has 7 heteroatoms. The van der Waals surface area contributed by atoms with E-state index in [0.29, 0.717) is 0 Å². The molecule has 0 aliphatic carbocycles. The van der Waals surface area contributed by atoms with Crippen LogP contribution in [0.15, 0.2) is 0 Å². The van der Waals surface area contributed by atoms with Gasteiger partial charge in [-0.1, -0.05) is 19.6 Å². The average Bonchev–Trinajstić information content (AvgIpc) is 1.52. The Morgan fingerprint density at radius 1 is 0.833 bits per heavy atom. The minimum Gasteiger partial charge on any atom is -0.348 e. The lowest BCUT2D eigenvalue weighted by atomic mass is 11.8. The van der Waals surface area contributed by atoms with Crippen LogP contribution in [0.5, 0.6) is 0 Å². The third-order valence-corrected chi connectivity index (χ3v) is 26.8. The second kappa shape index (κ2) is 3.92. The SMILES string of the molecule is C[Si](C)(C)N[Si](C)(Cl)[Si](C)(Cl)Cl. The predicted molar refractivity (Wildman–Crippen MR) is 67.3 cm³/mol. The van der Waals surface area contributed by atoms with Crippen molar-refractivity contribution in [3.8, 4) is 0 Å². The van der Waals surface area contributed by atoms with Crippen LogP contribution in [-0.2, 0) is 0 Å². The van der Waals surface area contributed by atoms with Gasteiger partial charge >= 0.3 is 0 Å². The summed E-state index contributed by atoms with van der Waals surface area (Å²) in [7, 11) is -3.44. The molecule has 1 nitrogen and oxygen atoms in total. The van der Waals surface area contributed by atoms with Crippen LogP contribution in [0.1, 0.15) is 0 Å². The van der Waals surface area contributed by atoms with Gasteiger partial charge in [0, 0.05) is 0 Å². The molecular formula is C5H16Cl3NSi3. The normalized spacial score (nSPS) is 19.0. The highest BCUT2D eigenvalue weighted by atomic mass is 35.7. The van der Waals surface area contributed by atoms with Gasteiger partial charge in [-0.15, -0.1) is 33.2 Å². The molecule has 0 aromatic heterocycles. The summed E-state index contributed by atoms with van der Waals surface area (Å²) in [5, 5.41) is 0. The van der Waals surface area contributed by atoms with Gasteiger partial charge in [0.2, 0.25) is 7.06 Å². The fourth-order valence-electron chi connectivity index (χ4n) is 0.814. The van der Waals surface area contributed by atoms with Gasteiger partial charge in [-0.05, 0) is 13.1 Å². The van der Waals surface area contributed by atoms with E-state index in [1.807, 2.05) is 13.1 Å². The Bertz CT molecular complexity index is 160. The number of rotatable bonds is 3. The molecule has 0 aliphatic rings. The molecule has 12 heavy (non-hydrogen) atoms. The molecule has 74 valence electrons. The summed E-state index contributed by atoms with van der Waals surface area (Å²) in [5.74, 6) is 0. The van der Waals surface area contributed by atoms with Gasteiger partial charge in [-0.25, -0.2) is 0 Å². The van der Waals surface area contributed by atoms with E-state index in [0.717, 1.165) is 0 Å². The van der Waals surface area contributed by atoms with Gasteiger partial charge in [0.25, 0.3) is 6.21 Å². The van der Waals surface area contributed by atoms with Crippen molar-refractivity contribution in [2.24, 2.45) is 0 Å². The van der Waals surface area contributed by atoms with E-state index in [-0.39, 0.29) is 0 Å². The van der Waals surface area contributed by atoms with Crippen LogP contribution in [0.25, 0.3) is 0 Å². The maximum absolute atomic E-state index is 6.36. The van der Waals surface area contributed by atoms with E-state index in [4.69, 9.17) is 33.2 Å². The van der Waals surface area contributed by atoms with Crippen molar-refractivity contribution in [3.05, 3.63) is 0 Å². The first kappa shape index (κ1) is 13.5. The topological polar surface area (TPSA) is 12.0 Å². The zero-order valence-electron chi connectivity index (χ0n) is 8.13. The Labute approximate surface area is 91.9 Å². The first-order valence-electron chi connectivity index (χ1n) is 3.82. The minimum atomic E-state index is -2.22. The van der Waals surface area contributed by atoms with Crippen LogP contribution in [-0.4, -0.2) is 21.5 Å². The maximum atomic E-state index is 6.36. The molecule has 1 atom stereocenters. The summed E-state index contributed by atoms with van der Waals surface area (Å²) in [5.41, 5.74) is 0. The van der Waals surface area contributed by atoms with Crippen LogP contribution >= 0.6 is 33.2 Å². The molecule has 0 fully saturated rings. The van der Waals surface area contributed by atoms with Crippen LogP contribution in [0.4, 0.5) is 0 Å². The predicted octanol–water partition coefficient (Wildman–Crippen LogP) is 3.35. The van der Waals surface area contributed by atoms with Crippen molar-refractivity contribution in [1.29, 1.82) is 0 Å². The van der Waals surface area contributed by atoms with Crippen LogP contribution < -0.4 is 4.65 Å². The highest BCUT2D eigenvalue weighted by molar-refractivity contribution is 7.83. The van der Waals surface area contributed by atoms with Crippen molar-refractivity contribution in [2.75, 3.05) is 0 Å². The lowest BCUT2D eigenvalue weighted by molar-refractivity contribution is 1.38. The van der Waals surface area contributed by atoms with E-state index in [2.05, 4.69) is 24.3 Å². The van der Waals surface area contributed by atoms with Crippen LogP contribution in [0, 0.1) is 0 Å². The van der Waals surface area contributed by atoms with Gasteiger partial charge in [-0.3, -0.25) is 0 Å². The van der Waals surface area contributed by atoms with Crippen molar-refractivity contribution < 1.29 is 0 Å². The Morgan fingerprint density at radius 2 is 1.17 bits per heavy atom. The Hall–Kier alpha value is 1.48. The van der Waals surface area contributed by atoms with Gasteiger partial charge in [0.05, 0.1) is 0 Å². The number of hydrogen-bond donors (Lipinski definition) is 1. The highest BCUT2D eigenvalue weighted by Gasteiger charge is 2.48. The monoisotopic (exact) mass is 279 g/mol. The van der Waals surface area contributed by atoms with Crippen LogP contribution in [0.3, 0.4) is 0 Å². The molecule has 0 heterocycles. The Kier molecular flexibility index (Phi) is 4.41. The molecule has 0 aromatic rings. The van der Waals surface area contributed by atoms with Crippen molar-refractivity contribution in [3.63, 3.8) is 0 Å². The molecule has 0 amide bonds. The first-order chi connectivity index (χ1) is 4.96. The standard InChI is InChI=1S/C5H16Cl3NSi3/c1-10(2,3)9-12(5,8)11(4,6)7/h9H,1-5H3. The largest absolute Gasteiger partial charge is 0.348 e. The molecule has 0 saturated carbocycles. The first-order valence-corrected chi connectivity index (χ1v) is 16.4. The van der Waals surface area contributed by atoms with E-state index in [9.17, 15) is 0 Å². The summed E-state index contributed by atoms with van der Waals surface area (Å²) in [6, 6.07) is 0. The number of halogens is 3. The summed E-state index contributed by atoms with van der Waals surface area (Å²) in [4.78, 5) is 0. The molecule has 1 unspecified atom stereocenters. The zero-order valence-corrected chi connectivity index (χ0v) is 13.4. The quantitative estimate of drug-likeness (QED) is 0.618. The fraction of sp³-hybridized carbons (Fsp3) is 1.00. The molecule has 0 bridgehead atoms. The number of nitrogens with one attached hydrogen (secondary N) is 1. The molecule has 0 saturated heterocycles. The lowest BCUT2D eigenvalue weighted by Gasteiger charge is -2.34. The van der Waals surface area contributed by atoms with Crippen molar-refractivity contribution >= 4 is 54.7 Å². The van der Waals surface area contributed by atoms with Gasteiger partial charge in [-0.2, -0.15) is 0 Å². The molecule has 1 N–H and O–H groups in total. The average molecular weight is 281 g/mol. The van der Waals surface area contributed by atoms with Gasteiger partial charge < -0.3 is 4.65 Å². The third-order valence-electron chi connectivity index (χ3n) is 1.43. The summed E-state index contributed by atoms with van der Waals surface area (Å²) in [6.45, 7) is 10.5. The minimum absolute atomic E-state index is 1.36. The molecule has 0 aromatic carbocycles. The molecule has 0 rings (SSSR count). The van der Waals surface area contributed by atoms with E-state index in [1.54, 1.807) is 0 Å². The molecule has 0 radical (unpaired) electrons. The Balaban J connectivity index is 4.44. The smallest absolute Gasteiger partial charge is 0.269 e. The van der Waals surface area contributed by atoms with Gasteiger partial charge in [0.1, 0.15) is 8.24 Å². The summed E-state index contributed by atoms with van der Waals surface area (Å²) < 4.78 is 3.48. The van der Waals surface area contributed by atoms with Crippen molar-refractivity contribution in [2.45, 2.75) is 32.7 Å². The maximum Gasteiger partial charge on any atom is 0.269 e. The second-order valence-corrected chi connectivity index (χ2v) is 29.8. The van der Waals surface area contributed by atoms with E-state index in [1.165, 1.54) is 0 Å². The fourth-order valence-corrected chi connectivity index (χ4v) is 17.8. The van der Waals surface area contributed by atoms with Crippen molar-refractivity contribution in [1.82, 2.24) is 4.65 Å². The summed E-state index contributed by atoms with van der Waals surface area (Å²) in [6.07, 6.45) is -2.22.